The average molecular weight is 364 g/mol. The van der Waals surface area contributed by atoms with Crippen LogP contribution < -0.4 is 5.32 Å². The van der Waals surface area contributed by atoms with Gasteiger partial charge in [-0.25, -0.2) is 0 Å². The van der Waals surface area contributed by atoms with Gasteiger partial charge < -0.3 is 5.32 Å². The first kappa shape index (κ1) is 18.8. The summed E-state index contributed by atoms with van der Waals surface area (Å²) in [5.74, 6) is -0.392. The Balaban J connectivity index is 1.66. The number of nitrogens with one attached hydrogen (secondary N) is 1. The summed E-state index contributed by atoms with van der Waals surface area (Å²) in [6.07, 6.45) is 2.42. The van der Waals surface area contributed by atoms with Gasteiger partial charge in [-0.3, -0.25) is 19.3 Å². The van der Waals surface area contributed by atoms with E-state index in [9.17, 15) is 14.4 Å². The van der Waals surface area contributed by atoms with Crippen molar-refractivity contribution in [1.29, 1.82) is 0 Å². The lowest BCUT2D eigenvalue weighted by Crippen LogP contribution is -2.29. The number of nitrogens with zero attached hydrogens (tertiary/aromatic N) is 1. The molecule has 27 heavy (non-hydrogen) atoms. The SMILES string of the molecule is CCCC(NC(=O)c1ccc(CN2C(=O)CCC2=O)cc1)c1ccccc1. The van der Waals surface area contributed by atoms with Crippen molar-refractivity contribution >= 4 is 17.7 Å². The molecule has 1 fully saturated rings. The first-order valence-electron chi connectivity index (χ1n) is 9.36. The van der Waals surface area contributed by atoms with Crippen LogP contribution in [0.15, 0.2) is 54.6 Å². The molecule has 2 aromatic carbocycles. The fraction of sp³-hybridized carbons (Fsp3) is 0.318. The quantitative estimate of drug-likeness (QED) is 0.763. The monoisotopic (exact) mass is 364 g/mol. The van der Waals surface area contributed by atoms with E-state index in [1.165, 1.54) is 4.90 Å². The number of hydrogen-bond acceptors (Lipinski definition) is 3. The average Bonchev–Trinajstić information content (AvgIpc) is 3.01. The highest BCUT2D eigenvalue weighted by atomic mass is 16.2. The van der Waals surface area contributed by atoms with E-state index < -0.39 is 0 Å². The zero-order chi connectivity index (χ0) is 19.2. The third-order valence-corrected chi connectivity index (χ3v) is 4.80. The first-order valence-corrected chi connectivity index (χ1v) is 9.36. The Morgan fingerprint density at radius 2 is 1.63 bits per heavy atom. The molecule has 1 aliphatic heterocycles. The molecule has 1 unspecified atom stereocenters. The van der Waals surface area contributed by atoms with Gasteiger partial charge in [-0.05, 0) is 29.7 Å². The Hall–Kier alpha value is -2.95. The minimum Gasteiger partial charge on any atom is -0.345 e. The van der Waals surface area contributed by atoms with Gasteiger partial charge in [-0.2, -0.15) is 0 Å². The predicted octanol–water partition coefficient (Wildman–Crippen LogP) is 3.61. The van der Waals surface area contributed by atoms with Crippen LogP contribution in [0, 0.1) is 0 Å². The number of benzene rings is 2. The summed E-state index contributed by atoms with van der Waals surface area (Å²) in [5, 5.41) is 3.10. The second-order valence-electron chi connectivity index (χ2n) is 6.80. The van der Waals surface area contributed by atoms with Crippen molar-refractivity contribution in [3.8, 4) is 0 Å². The second-order valence-corrected chi connectivity index (χ2v) is 6.80. The maximum atomic E-state index is 12.6. The topological polar surface area (TPSA) is 66.5 Å². The lowest BCUT2D eigenvalue weighted by Gasteiger charge is -2.19. The van der Waals surface area contributed by atoms with Crippen molar-refractivity contribution in [3.05, 3.63) is 71.3 Å². The summed E-state index contributed by atoms with van der Waals surface area (Å²) in [7, 11) is 0. The summed E-state index contributed by atoms with van der Waals surface area (Å²) in [4.78, 5) is 37.4. The molecule has 0 aliphatic carbocycles. The lowest BCUT2D eigenvalue weighted by molar-refractivity contribution is -0.139. The molecule has 0 aromatic heterocycles. The number of carbonyl (C=O) groups is 3. The standard InChI is InChI=1S/C22H24N2O3/c1-2-6-19(17-7-4-3-5-8-17)23-22(27)18-11-9-16(10-12-18)15-24-20(25)13-14-21(24)26/h3-5,7-12,19H,2,6,13-15H2,1H3,(H,23,27). The van der Waals surface area contributed by atoms with Gasteiger partial charge in [-0.15, -0.1) is 0 Å². The number of carbonyl (C=O) groups excluding carboxylic acids is 3. The summed E-state index contributed by atoms with van der Waals surface area (Å²) >= 11 is 0. The molecule has 1 aliphatic rings. The number of hydrogen-bond donors (Lipinski definition) is 1. The van der Waals surface area contributed by atoms with Crippen LogP contribution in [0.4, 0.5) is 0 Å². The Bertz CT molecular complexity index is 799. The molecule has 1 N–H and O–H groups in total. The molecular formula is C22H24N2O3. The van der Waals surface area contributed by atoms with Gasteiger partial charge in [-0.1, -0.05) is 55.8 Å². The van der Waals surface area contributed by atoms with Crippen molar-refractivity contribution in [2.45, 2.75) is 45.2 Å². The van der Waals surface area contributed by atoms with E-state index in [-0.39, 0.29) is 43.1 Å². The Kier molecular flexibility index (Phi) is 6.01. The molecule has 0 spiro atoms. The number of likely N-dealkylation sites (tertiary alicyclic amines) is 1. The third kappa shape index (κ3) is 4.61. The van der Waals surface area contributed by atoms with Crippen LogP contribution in [0.25, 0.3) is 0 Å². The minimum absolute atomic E-state index is 0.0248. The van der Waals surface area contributed by atoms with Crippen LogP contribution in [0.3, 0.4) is 0 Å². The number of rotatable bonds is 7. The number of amides is 3. The summed E-state index contributed by atoms with van der Waals surface area (Å²) < 4.78 is 0. The Morgan fingerprint density at radius 3 is 2.22 bits per heavy atom. The van der Waals surface area contributed by atoms with Gasteiger partial charge in [0.2, 0.25) is 11.8 Å². The van der Waals surface area contributed by atoms with Gasteiger partial charge in [0, 0.05) is 18.4 Å². The van der Waals surface area contributed by atoms with Crippen molar-refractivity contribution in [3.63, 3.8) is 0 Å². The zero-order valence-electron chi connectivity index (χ0n) is 15.5. The molecule has 0 bridgehead atoms. The van der Waals surface area contributed by atoms with Crippen molar-refractivity contribution in [1.82, 2.24) is 10.2 Å². The predicted molar refractivity (Wildman–Crippen MR) is 103 cm³/mol. The van der Waals surface area contributed by atoms with E-state index in [4.69, 9.17) is 0 Å². The van der Waals surface area contributed by atoms with Crippen LogP contribution in [-0.2, 0) is 16.1 Å². The molecule has 1 saturated heterocycles. The molecule has 1 heterocycles. The molecule has 1 atom stereocenters. The first-order chi connectivity index (χ1) is 13.1. The smallest absolute Gasteiger partial charge is 0.251 e. The fourth-order valence-electron chi connectivity index (χ4n) is 3.28. The molecule has 5 heteroatoms. The maximum absolute atomic E-state index is 12.6. The third-order valence-electron chi connectivity index (χ3n) is 4.80. The summed E-state index contributed by atoms with van der Waals surface area (Å²) in [5.41, 5.74) is 2.49. The van der Waals surface area contributed by atoms with Gasteiger partial charge in [0.05, 0.1) is 12.6 Å². The summed E-state index contributed by atoms with van der Waals surface area (Å²) in [6, 6.07) is 17.0. The molecule has 0 radical (unpaired) electrons. The molecular weight excluding hydrogens is 340 g/mol. The highest BCUT2D eigenvalue weighted by Gasteiger charge is 2.28. The van der Waals surface area contributed by atoms with E-state index in [1.807, 2.05) is 30.3 Å². The van der Waals surface area contributed by atoms with Crippen LogP contribution in [0.5, 0.6) is 0 Å². The molecule has 2 aromatic rings. The Labute approximate surface area is 159 Å². The highest BCUT2D eigenvalue weighted by Crippen LogP contribution is 2.20. The van der Waals surface area contributed by atoms with Gasteiger partial charge >= 0.3 is 0 Å². The Morgan fingerprint density at radius 1 is 1.00 bits per heavy atom. The highest BCUT2D eigenvalue weighted by molar-refractivity contribution is 6.01. The molecule has 3 rings (SSSR count). The lowest BCUT2D eigenvalue weighted by atomic mass is 10.0. The summed E-state index contributed by atoms with van der Waals surface area (Å²) in [6.45, 7) is 2.36. The van der Waals surface area contributed by atoms with Crippen LogP contribution in [0.1, 0.15) is 60.1 Å². The van der Waals surface area contributed by atoms with Gasteiger partial charge in [0.15, 0.2) is 0 Å². The minimum atomic E-state index is -0.132. The van der Waals surface area contributed by atoms with Crippen LogP contribution >= 0.6 is 0 Å². The molecule has 0 saturated carbocycles. The van der Waals surface area contributed by atoms with E-state index >= 15 is 0 Å². The van der Waals surface area contributed by atoms with E-state index in [2.05, 4.69) is 12.2 Å². The number of imide groups is 1. The molecule has 5 nitrogen and oxygen atoms in total. The van der Waals surface area contributed by atoms with Crippen molar-refractivity contribution < 1.29 is 14.4 Å². The van der Waals surface area contributed by atoms with Crippen molar-refractivity contribution in [2.24, 2.45) is 0 Å². The molecule has 3 amide bonds. The van der Waals surface area contributed by atoms with Crippen LogP contribution in [-0.4, -0.2) is 22.6 Å². The van der Waals surface area contributed by atoms with Crippen LogP contribution in [0.2, 0.25) is 0 Å². The largest absolute Gasteiger partial charge is 0.345 e. The second kappa shape index (κ2) is 8.62. The fourth-order valence-corrected chi connectivity index (χ4v) is 3.28. The molecule has 140 valence electrons. The van der Waals surface area contributed by atoms with Gasteiger partial charge in [0.25, 0.3) is 5.91 Å². The van der Waals surface area contributed by atoms with Crippen molar-refractivity contribution in [2.75, 3.05) is 0 Å². The van der Waals surface area contributed by atoms with E-state index in [1.54, 1.807) is 24.3 Å². The normalized spacial score (nSPS) is 15.1. The maximum Gasteiger partial charge on any atom is 0.251 e. The zero-order valence-corrected chi connectivity index (χ0v) is 15.5. The van der Waals surface area contributed by atoms with Gasteiger partial charge in [0.1, 0.15) is 0 Å². The van der Waals surface area contributed by atoms with E-state index in [0.29, 0.717) is 5.56 Å². The van der Waals surface area contributed by atoms with E-state index in [0.717, 1.165) is 24.0 Å².